The third-order valence-electron chi connectivity index (χ3n) is 11.0. The molecule has 7 aromatic rings. The average molecular weight is 673 g/mol. The summed E-state index contributed by atoms with van der Waals surface area (Å²) in [4.78, 5) is 5.03. The molecular formula is C50H44N2. The molecule has 9 rings (SSSR count). The Morgan fingerprint density at radius 2 is 1.17 bits per heavy atom. The second-order valence-electron chi connectivity index (χ2n) is 14.9. The van der Waals surface area contributed by atoms with Crippen molar-refractivity contribution >= 4 is 61.1 Å². The molecule has 0 N–H and O–H groups in total. The van der Waals surface area contributed by atoms with Gasteiger partial charge >= 0.3 is 0 Å². The molecule has 0 bridgehead atoms. The summed E-state index contributed by atoms with van der Waals surface area (Å²) in [5, 5.41) is 5.21. The van der Waals surface area contributed by atoms with E-state index in [1.54, 1.807) is 0 Å². The van der Waals surface area contributed by atoms with Crippen LogP contribution >= 0.6 is 0 Å². The standard InChI is InChI=1S/C50H44N2/c1-33(2)45-31-47(51(37-18-8-5-9-19-37)38-20-10-6-11-21-38)43-28-26-42-46(34(3)4)32-48(44-29-27-41(45)49(43)50(42)44)52(39-22-12-7-13-23-39)40-25-24-35-16-14-15-17-36(35)30-40/h5-25,27-34,47H,26H2,1-4H3. The summed E-state index contributed by atoms with van der Waals surface area (Å²) >= 11 is 0. The Hall–Kier alpha value is -5.86. The molecule has 254 valence electrons. The number of rotatable bonds is 8. The van der Waals surface area contributed by atoms with Crippen molar-refractivity contribution in [3.63, 3.8) is 0 Å². The van der Waals surface area contributed by atoms with E-state index in [1.165, 1.54) is 77.7 Å². The maximum Gasteiger partial charge on any atom is 0.0784 e. The van der Waals surface area contributed by atoms with E-state index in [0.717, 1.165) is 12.1 Å². The van der Waals surface area contributed by atoms with Crippen molar-refractivity contribution in [3.05, 3.63) is 186 Å². The number of nitrogens with zero attached hydrogens (tertiary/aromatic N) is 2. The summed E-state index contributed by atoms with van der Waals surface area (Å²) in [6, 6.07) is 55.7. The van der Waals surface area contributed by atoms with E-state index >= 15 is 0 Å². The van der Waals surface area contributed by atoms with Gasteiger partial charge in [0, 0.05) is 28.1 Å². The molecule has 52 heavy (non-hydrogen) atoms. The van der Waals surface area contributed by atoms with Crippen LogP contribution in [-0.4, -0.2) is 6.04 Å². The second kappa shape index (κ2) is 13.0. The van der Waals surface area contributed by atoms with E-state index in [2.05, 4.69) is 201 Å². The Bertz CT molecular complexity index is 2450. The van der Waals surface area contributed by atoms with Gasteiger partial charge in [0.15, 0.2) is 0 Å². The van der Waals surface area contributed by atoms with Gasteiger partial charge in [0.05, 0.1) is 11.7 Å². The number of para-hydroxylation sites is 3. The van der Waals surface area contributed by atoms with Gasteiger partial charge in [-0.2, -0.15) is 0 Å². The lowest BCUT2D eigenvalue weighted by atomic mass is 9.72. The molecule has 2 aliphatic rings. The largest absolute Gasteiger partial charge is 0.330 e. The third kappa shape index (κ3) is 5.33. The fourth-order valence-corrected chi connectivity index (χ4v) is 8.66. The van der Waals surface area contributed by atoms with Gasteiger partial charge in [0.25, 0.3) is 0 Å². The van der Waals surface area contributed by atoms with Gasteiger partial charge in [-0.15, -0.1) is 0 Å². The van der Waals surface area contributed by atoms with Crippen molar-refractivity contribution in [1.29, 1.82) is 0 Å². The van der Waals surface area contributed by atoms with Gasteiger partial charge in [-0.3, -0.25) is 0 Å². The van der Waals surface area contributed by atoms with Crippen LogP contribution in [0.25, 0.3) is 32.7 Å². The highest BCUT2D eigenvalue weighted by atomic mass is 15.2. The van der Waals surface area contributed by atoms with Gasteiger partial charge in [0.1, 0.15) is 0 Å². The van der Waals surface area contributed by atoms with E-state index in [9.17, 15) is 0 Å². The normalized spacial score (nSPS) is 14.8. The van der Waals surface area contributed by atoms with Crippen LogP contribution in [0.2, 0.25) is 0 Å². The van der Waals surface area contributed by atoms with Gasteiger partial charge < -0.3 is 9.80 Å². The first-order valence-electron chi connectivity index (χ1n) is 18.8. The van der Waals surface area contributed by atoms with Crippen molar-refractivity contribution in [2.24, 2.45) is 5.92 Å². The Morgan fingerprint density at radius 1 is 0.558 bits per heavy atom. The van der Waals surface area contributed by atoms with Crippen molar-refractivity contribution in [2.75, 3.05) is 9.80 Å². The lowest BCUT2D eigenvalue weighted by Gasteiger charge is -2.41. The molecular weight excluding hydrogens is 629 g/mol. The predicted molar refractivity (Wildman–Crippen MR) is 224 cm³/mol. The molecule has 7 aromatic carbocycles. The molecule has 0 aromatic heterocycles. The van der Waals surface area contributed by atoms with Crippen LogP contribution in [0.1, 0.15) is 55.9 Å². The Morgan fingerprint density at radius 3 is 1.81 bits per heavy atom. The summed E-state index contributed by atoms with van der Waals surface area (Å²) in [5.74, 6) is 0.727. The molecule has 0 saturated heterocycles. The maximum atomic E-state index is 2.55. The first-order valence-corrected chi connectivity index (χ1v) is 18.8. The Labute approximate surface area is 308 Å². The molecule has 0 amide bonds. The molecule has 0 heterocycles. The van der Waals surface area contributed by atoms with Crippen molar-refractivity contribution in [3.8, 4) is 0 Å². The first-order chi connectivity index (χ1) is 25.5. The quantitative estimate of drug-likeness (QED) is 0.159. The first kappa shape index (κ1) is 32.1. The monoisotopic (exact) mass is 672 g/mol. The van der Waals surface area contributed by atoms with Crippen molar-refractivity contribution in [1.82, 2.24) is 0 Å². The summed E-state index contributed by atoms with van der Waals surface area (Å²) < 4.78 is 0. The van der Waals surface area contributed by atoms with Crippen LogP contribution in [-0.2, 0) is 6.42 Å². The molecule has 0 fully saturated rings. The van der Waals surface area contributed by atoms with E-state index in [1.807, 2.05) is 0 Å². The minimum absolute atomic E-state index is 0.0466. The minimum Gasteiger partial charge on any atom is -0.330 e. The molecule has 0 saturated carbocycles. The number of hydrogen-bond acceptors (Lipinski definition) is 2. The number of anilines is 5. The Balaban J connectivity index is 1.34. The average Bonchev–Trinajstić information content (AvgIpc) is 3.18. The fourth-order valence-electron chi connectivity index (χ4n) is 8.66. The summed E-state index contributed by atoms with van der Waals surface area (Å²) in [5.41, 5.74) is 14.4. The number of allylic oxidation sites excluding steroid dienone is 2. The lowest BCUT2D eigenvalue weighted by molar-refractivity contribution is 0.831. The molecule has 0 radical (unpaired) electrons. The van der Waals surface area contributed by atoms with Crippen LogP contribution < -0.4 is 9.80 Å². The van der Waals surface area contributed by atoms with Crippen LogP contribution in [0.15, 0.2) is 164 Å². The summed E-state index contributed by atoms with van der Waals surface area (Å²) in [7, 11) is 0. The predicted octanol–water partition coefficient (Wildman–Crippen LogP) is 13.8. The summed E-state index contributed by atoms with van der Waals surface area (Å²) in [6.07, 6.45) is 6.01. The Kier molecular flexibility index (Phi) is 8.04. The highest BCUT2D eigenvalue weighted by molar-refractivity contribution is 6.12. The van der Waals surface area contributed by atoms with Gasteiger partial charge in [0.2, 0.25) is 0 Å². The van der Waals surface area contributed by atoms with Crippen LogP contribution in [0.5, 0.6) is 0 Å². The number of fused-ring (bicyclic) bond motifs is 1. The smallest absolute Gasteiger partial charge is 0.0784 e. The zero-order chi connectivity index (χ0) is 35.3. The molecule has 0 spiro atoms. The van der Waals surface area contributed by atoms with E-state index in [-0.39, 0.29) is 6.04 Å². The minimum atomic E-state index is 0.0466. The highest BCUT2D eigenvalue weighted by Crippen LogP contribution is 2.52. The third-order valence-corrected chi connectivity index (χ3v) is 11.0. The molecule has 1 atom stereocenters. The fraction of sp³-hybridized carbons (Fsp3) is 0.160. The summed E-state index contributed by atoms with van der Waals surface area (Å²) in [6.45, 7) is 9.41. The number of benzene rings is 7. The van der Waals surface area contributed by atoms with E-state index in [0.29, 0.717) is 11.8 Å². The topological polar surface area (TPSA) is 6.48 Å². The molecule has 2 nitrogen and oxygen atoms in total. The molecule has 2 heteroatoms. The van der Waals surface area contributed by atoms with Gasteiger partial charge in [-0.25, -0.2) is 0 Å². The SMILES string of the molecule is CC(C)C1=CC(N(c2ccccc2)c2ccccc2)C2=CCc3c(C(C)C)cc(N(c4ccccc4)c4ccc5ccccc5c4)c4ccc1c2c34. The molecule has 0 aliphatic heterocycles. The van der Waals surface area contributed by atoms with Gasteiger partial charge in [-0.1, -0.05) is 137 Å². The van der Waals surface area contributed by atoms with E-state index in [4.69, 9.17) is 0 Å². The molecule has 1 unspecified atom stereocenters. The highest BCUT2D eigenvalue weighted by Gasteiger charge is 2.36. The van der Waals surface area contributed by atoms with Crippen molar-refractivity contribution < 1.29 is 0 Å². The zero-order valence-electron chi connectivity index (χ0n) is 30.4. The maximum absolute atomic E-state index is 2.55. The van der Waals surface area contributed by atoms with Crippen LogP contribution in [0.3, 0.4) is 0 Å². The second-order valence-corrected chi connectivity index (χ2v) is 14.9. The zero-order valence-corrected chi connectivity index (χ0v) is 30.4. The van der Waals surface area contributed by atoms with Crippen LogP contribution in [0, 0.1) is 5.92 Å². The van der Waals surface area contributed by atoms with Crippen molar-refractivity contribution in [2.45, 2.75) is 46.1 Å². The molecule has 2 aliphatic carbocycles. The number of hydrogen-bond donors (Lipinski definition) is 0. The lowest BCUT2D eigenvalue weighted by Crippen LogP contribution is -2.34. The van der Waals surface area contributed by atoms with E-state index < -0.39 is 0 Å². The van der Waals surface area contributed by atoms with Crippen LogP contribution in [0.4, 0.5) is 28.4 Å². The van der Waals surface area contributed by atoms with Gasteiger partial charge in [-0.05, 0) is 122 Å².